The highest BCUT2D eigenvalue weighted by Crippen LogP contribution is 2.50. The van der Waals surface area contributed by atoms with Gasteiger partial charge in [0.25, 0.3) is 0 Å². The summed E-state index contributed by atoms with van der Waals surface area (Å²) in [7, 11) is 2.62. The number of amides is 4. The van der Waals surface area contributed by atoms with E-state index in [2.05, 4.69) is 64.1 Å². The molecule has 58 heavy (non-hydrogen) atoms. The van der Waals surface area contributed by atoms with Crippen LogP contribution in [0, 0.1) is 23.7 Å². The van der Waals surface area contributed by atoms with Crippen molar-refractivity contribution < 1.29 is 28.7 Å². The number of aromatic amines is 1. The van der Waals surface area contributed by atoms with Gasteiger partial charge in [-0.1, -0.05) is 76.2 Å². The SMILES string of the molecule is COC(=O)N[C@H](C(=O)N1C2CCC(C2)C1C1=NC=C(c2ccc(-c3ccc(-c4cnc(C5C6CCC(C6)N5C(=O)[C@@H](NC(=O)OC)C(C)C)[nH]4)cc3)cc2)C1)C(C)C. The van der Waals surface area contributed by atoms with Crippen molar-refractivity contribution in [3.63, 3.8) is 0 Å². The monoisotopic (exact) mass is 789 g/mol. The molecule has 2 saturated heterocycles. The highest BCUT2D eigenvalue weighted by molar-refractivity contribution is 6.04. The third-order valence-corrected chi connectivity index (χ3v) is 13.2. The molecule has 2 saturated carbocycles. The smallest absolute Gasteiger partial charge is 0.407 e. The van der Waals surface area contributed by atoms with E-state index in [1.807, 2.05) is 49.9 Å². The predicted octanol–water partition coefficient (Wildman–Crippen LogP) is 7.12. The number of allylic oxidation sites excluding steroid dienone is 1. The Morgan fingerprint density at radius 1 is 0.690 bits per heavy atom. The van der Waals surface area contributed by atoms with Gasteiger partial charge in [0.2, 0.25) is 11.8 Å². The van der Waals surface area contributed by atoms with Crippen LogP contribution in [0.3, 0.4) is 0 Å². The molecule has 2 aromatic carbocycles. The van der Waals surface area contributed by atoms with Crippen LogP contribution in [0.15, 0.2) is 65.9 Å². The molecule has 8 atom stereocenters. The summed E-state index contributed by atoms with van der Waals surface area (Å²) in [6.45, 7) is 7.75. The lowest BCUT2D eigenvalue weighted by Gasteiger charge is -2.38. The van der Waals surface area contributed by atoms with Crippen LogP contribution in [0.25, 0.3) is 28.0 Å². The molecule has 1 aromatic heterocycles. The van der Waals surface area contributed by atoms with Gasteiger partial charge in [-0.2, -0.15) is 0 Å². The fourth-order valence-corrected chi connectivity index (χ4v) is 10.3. The van der Waals surface area contributed by atoms with Crippen molar-refractivity contribution in [3.8, 4) is 22.4 Å². The van der Waals surface area contributed by atoms with E-state index in [4.69, 9.17) is 19.5 Å². The Kier molecular flexibility index (Phi) is 10.9. The van der Waals surface area contributed by atoms with Gasteiger partial charge in [0.05, 0.1) is 38.2 Å². The van der Waals surface area contributed by atoms with Crippen LogP contribution in [0.2, 0.25) is 0 Å². The van der Waals surface area contributed by atoms with Crippen molar-refractivity contribution in [2.45, 2.75) is 109 Å². The molecule has 3 aromatic rings. The number of nitrogens with zero attached hydrogens (tertiary/aromatic N) is 4. The highest BCUT2D eigenvalue weighted by atomic mass is 16.5. The van der Waals surface area contributed by atoms with Gasteiger partial charge in [-0.25, -0.2) is 14.6 Å². The number of imidazole rings is 1. The maximum absolute atomic E-state index is 14.0. The molecule has 3 aliphatic heterocycles. The number of benzene rings is 2. The number of likely N-dealkylation sites (tertiary alicyclic amines) is 2. The van der Waals surface area contributed by atoms with Crippen LogP contribution in [-0.2, 0) is 19.1 Å². The van der Waals surface area contributed by atoms with Crippen LogP contribution in [0.4, 0.5) is 9.59 Å². The van der Waals surface area contributed by atoms with Gasteiger partial charge in [0.15, 0.2) is 0 Å². The normalized spacial score (nSPS) is 25.5. The second-order valence-corrected chi connectivity index (χ2v) is 17.3. The van der Waals surface area contributed by atoms with E-state index in [0.717, 1.165) is 83.6 Å². The lowest BCUT2D eigenvalue weighted by atomic mass is 9.89. The van der Waals surface area contributed by atoms with Crippen molar-refractivity contribution in [3.05, 3.63) is 72.3 Å². The molecule has 4 bridgehead atoms. The number of aromatic nitrogens is 2. The van der Waals surface area contributed by atoms with E-state index in [9.17, 15) is 19.2 Å². The molecule has 6 unspecified atom stereocenters. The largest absolute Gasteiger partial charge is 0.453 e. The van der Waals surface area contributed by atoms with E-state index in [0.29, 0.717) is 18.3 Å². The number of nitrogens with one attached hydrogen (secondary N) is 3. The first-order chi connectivity index (χ1) is 27.9. The Labute approximate surface area is 340 Å². The highest BCUT2D eigenvalue weighted by Gasteiger charge is 2.53. The summed E-state index contributed by atoms with van der Waals surface area (Å²) in [4.78, 5) is 69.4. The first-order valence-electron chi connectivity index (χ1n) is 20.8. The fraction of sp³-hybridized carbons (Fsp3) is 0.511. The van der Waals surface area contributed by atoms with Crippen molar-refractivity contribution >= 4 is 35.3 Å². The van der Waals surface area contributed by atoms with E-state index in [-0.39, 0.29) is 47.8 Å². The van der Waals surface area contributed by atoms with Crippen molar-refractivity contribution in [1.82, 2.24) is 30.4 Å². The predicted molar refractivity (Wildman–Crippen MR) is 220 cm³/mol. The fourth-order valence-electron chi connectivity index (χ4n) is 10.3. The zero-order valence-corrected chi connectivity index (χ0v) is 34.2. The number of carbonyl (C=O) groups is 4. The number of hydrogen-bond donors (Lipinski definition) is 3. The van der Waals surface area contributed by atoms with Gasteiger partial charge < -0.3 is 34.9 Å². The molecule has 306 valence electrons. The summed E-state index contributed by atoms with van der Waals surface area (Å²) in [5.74, 6) is 1.15. The summed E-state index contributed by atoms with van der Waals surface area (Å²) in [5.41, 5.74) is 7.33. The second-order valence-electron chi connectivity index (χ2n) is 17.3. The number of hydrogen-bond acceptors (Lipinski definition) is 8. The summed E-state index contributed by atoms with van der Waals surface area (Å²) in [5, 5.41) is 5.54. The molecule has 8 rings (SSSR count). The minimum atomic E-state index is -0.678. The standard InChI is InChI=1S/C45H55N7O6/c1-24(2)37(49-44(55)57-5)42(53)51-33-17-15-30(19-33)39(51)35-21-32(22-46-35)28-9-7-26(8-10-28)27-11-13-29(14-12-27)36-23-47-41(48-36)40-31-16-18-34(20-31)52(40)43(54)38(25(3)4)50-45(56)58-6/h7-14,22-25,30-31,33-34,37-40H,15-21H2,1-6H3,(H,47,48)(H,49,55)(H,50,56)/t30?,31?,33?,34?,37-,38-,39?,40?/m0/s1. The Balaban J connectivity index is 0.922. The lowest BCUT2D eigenvalue weighted by molar-refractivity contribution is -0.139. The number of methoxy groups -OCH3 is 2. The molecule has 13 nitrogen and oxygen atoms in total. The number of piperidine rings is 2. The number of fused-ring (bicyclic) bond motifs is 4. The Bertz CT molecular complexity index is 2110. The van der Waals surface area contributed by atoms with E-state index in [1.54, 1.807) is 0 Å². The molecule has 4 heterocycles. The van der Waals surface area contributed by atoms with Gasteiger partial charge in [-0.15, -0.1) is 0 Å². The molecule has 3 N–H and O–H groups in total. The number of H-pyrrole nitrogens is 1. The summed E-state index contributed by atoms with van der Waals surface area (Å²) >= 11 is 0. The average Bonchev–Trinajstić information content (AvgIpc) is 4.10. The lowest BCUT2D eigenvalue weighted by Crippen LogP contribution is -2.57. The molecule has 4 fully saturated rings. The maximum Gasteiger partial charge on any atom is 0.407 e. The first-order valence-corrected chi connectivity index (χ1v) is 20.8. The minimum absolute atomic E-state index is 0.0533. The second kappa shape index (κ2) is 16.1. The number of ether oxygens (including phenoxy) is 2. The molecule has 0 radical (unpaired) electrons. The zero-order valence-electron chi connectivity index (χ0n) is 34.2. The van der Waals surface area contributed by atoms with Gasteiger partial charge in [-0.05, 0) is 90.0 Å². The van der Waals surface area contributed by atoms with Crippen molar-refractivity contribution in [2.24, 2.45) is 28.7 Å². The van der Waals surface area contributed by atoms with Crippen LogP contribution in [-0.4, -0.2) is 93.9 Å². The summed E-state index contributed by atoms with van der Waals surface area (Å²) in [6, 6.07) is 15.7. The van der Waals surface area contributed by atoms with Crippen LogP contribution in [0.1, 0.15) is 90.1 Å². The molecular weight excluding hydrogens is 735 g/mol. The third-order valence-electron chi connectivity index (χ3n) is 13.2. The Morgan fingerprint density at radius 2 is 1.17 bits per heavy atom. The first kappa shape index (κ1) is 39.4. The molecule has 4 amide bonds. The van der Waals surface area contributed by atoms with E-state index >= 15 is 0 Å². The van der Waals surface area contributed by atoms with E-state index in [1.165, 1.54) is 14.2 Å². The maximum atomic E-state index is 14.0. The number of alkyl carbamates (subject to hydrolysis) is 2. The molecule has 0 spiro atoms. The topological polar surface area (TPSA) is 158 Å². The van der Waals surface area contributed by atoms with Crippen LogP contribution < -0.4 is 10.6 Å². The summed E-state index contributed by atoms with van der Waals surface area (Å²) in [6.07, 6.45) is 9.25. The number of aliphatic imine (C=N–C) groups is 1. The quantitative estimate of drug-likeness (QED) is 0.187. The average molecular weight is 790 g/mol. The molecule has 2 aliphatic carbocycles. The zero-order chi connectivity index (χ0) is 40.8. The Hall–Kier alpha value is -5.46. The van der Waals surface area contributed by atoms with Crippen LogP contribution in [0.5, 0.6) is 0 Å². The molecule has 13 heteroatoms. The summed E-state index contributed by atoms with van der Waals surface area (Å²) < 4.78 is 9.65. The van der Waals surface area contributed by atoms with Crippen LogP contribution >= 0.6 is 0 Å². The van der Waals surface area contributed by atoms with Crippen molar-refractivity contribution in [1.29, 1.82) is 0 Å². The minimum Gasteiger partial charge on any atom is -0.453 e. The number of carbonyl (C=O) groups excluding carboxylic acids is 4. The van der Waals surface area contributed by atoms with Gasteiger partial charge >= 0.3 is 12.2 Å². The Morgan fingerprint density at radius 3 is 1.69 bits per heavy atom. The van der Waals surface area contributed by atoms with Gasteiger partial charge in [0.1, 0.15) is 17.9 Å². The van der Waals surface area contributed by atoms with E-state index < -0.39 is 24.3 Å². The molecular formula is C45H55N7O6. The molecule has 5 aliphatic rings. The third kappa shape index (κ3) is 7.28. The number of rotatable bonds is 11. The van der Waals surface area contributed by atoms with Crippen molar-refractivity contribution in [2.75, 3.05) is 14.2 Å². The van der Waals surface area contributed by atoms with Gasteiger partial charge in [-0.3, -0.25) is 14.6 Å². The van der Waals surface area contributed by atoms with Gasteiger partial charge in [0, 0.05) is 30.4 Å².